The van der Waals surface area contributed by atoms with Gasteiger partial charge in [0.25, 0.3) is 0 Å². The van der Waals surface area contributed by atoms with E-state index in [0.29, 0.717) is 23.3 Å². The number of amides is 2. The molecule has 0 bridgehead atoms. The molecule has 114 valence electrons. The highest BCUT2D eigenvalue weighted by Crippen LogP contribution is 2.15. The minimum absolute atomic E-state index is 0.335. The number of nitrogens with one attached hydrogen (secondary N) is 2. The van der Waals surface area contributed by atoms with Crippen LogP contribution in [0.5, 0.6) is 0 Å². The van der Waals surface area contributed by atoms with E-state index >= 15 is 0 Å². The first-order valence-corrected chi connectivity index (χ1v) is 7.56. The molecule has 0 unspecified atom stereocenters. The predicted molar refractivity (Wildman–Crippen MR) is 83.4 cm³/mol. The van der Waals surface area contributed by atoms with Crippen LogP contribution >= 0.6 is 11.6 Å². The minimum atomic E-state index is -0.654. The maximum Gasteiger partial charge on any atom is 0.313 e. The molecule has 6 heteroatoms. The van der Waals surface area contributed by atoms with Gasteiger partial charge in [-0.3, -0.25) is 14.5 Å². The number of benzene rings is 1. The van der Waals surface area contributed by atoms with Crippen molar-refractivity contribution in [2.75, 3.05) is 25.0 Å². The third-order valence-corrected chi connectivity index (χ3v) is 3.96. The Bertz CT molecular complexity index is 504. The van der Waals surface area contributed by atoms with E-state index in [9.17, 15) is 9.59 Å². The summed E-state index contributed by atoms with van der Waals surface area (Å²) >= 11 is 5.76. The van der Waals surface area contributed by atoms with E-state index in [4.69, 9.17) is 11.6 Å². The SMILES string of the molecule is CCN1CCC[C@H]1CNC(=O)C(=O)Nc1ccc(Cl)cc1. The fourth-order valence-electron chi connectivity index (χ4n) is 2.55. The molecule has 0 radical (unpaired) electrons. The lowest BCUT2D eigenvalue weighted by Crippen LogP contribution is -2.43. The van der Waals surface area contributed by atoms with Crippen molar-refractivity contribution < 1.29 is 9.59 Å². The Kier molecular flexibility index (Phi) is 5.59. The lowest BCUT2D eigenvalue weighted by molar-refractivity contribution is -0.136. The summed E-state index contributed by atoms with van der Waals surface area (Å²) in [7, 11) is 0. The van der Waals surface area contributed by atoms with Gasteiger partial charge in [0.05, 0.1) is 0 Å². The molecule has 1 aromatic carbocycles. The zero-order valence-corrected chi connectivity index (χ0v) is 12.8. The summed E-state index contributed by atoms with van der Waals surface area (Å²) in [4.78, 5) is 25.9. The van der Waals surface area contributed by atoms with Crippen LogP contribution in [0, 0.1) is 0 Å². The molecule has 21 heavy (non-hydrogen) atoms. The molecule has 2 rings (SSSR count). The van der Waals surface area contributed by atoms with Crippen LogP contribution < -0.4 is 10.6 Å². The van der Waals surface area contributed by atoms with Crippen molar-refractivity contribution in [3.8, 4) is 0 Å². The van der Waals surface area contributed by atoms with Crippen molar-refractivity contribution >= 4 is 29.1 Å². The molecular formula is C15H20ClN3O2. The molecule has 2 N–H and O–H groups in total. The molecule has 0 aromatic heterocycles. The second-order valence-corrected chi connectivity index (χ2v) is 5.53. The van der Waals surface area contributed by atoms with Crippen molar-refractivity contribution in [3.63, 3.8) is 0 Å². The zero-order valence-electron chi connectivity index (χ0n) is 12.1. The van der Waals surface area contributed by atoms with E-state index in [1.54, 1.807) is 24.3 Å². The molecule has 1 aliphatic heterocycles. The molecule has 1 heterocycles. The summed E-state index contributed by atoms with van der Waals surface area (Å²) in [6.45, 7) is 4.65. The fourth-order valence-corrected chi connectivity index (χ4v) is 2.68. The molecule has 0 spiro atoms. The highest BCUT2D eigenvalue weighted by atomic mass is 35.5. The Balaban J connectivity index is 1.80. The van der Waals surface area contributed by atoms with Crippen LogP contribution in [0.4, 0.5) is 5.69 Å². The average Bonchev–Trinajstić information content (AvgIpc) is 2.94. The van der Waals surface area contributed by atoms with E-state index < -0.39 is 11.8 Å². The van der Waals surface area contributed by atoms with Crippen LogP contribution in [0.3, 0.4) is 0 Å². The van der Waals surface area contributed by atoms with Gasteiger partial charge in [-0.25, -0.2) is 0 Å². The van der Waals surface area contributed by atoms with Crippen LogP contribution in [0.2, 0.25) is 5.02 Å². The van der Waals surface area contributed by atoms with Crippen molar-refractivity contribution in [1.82, 2.24) is 10.2 Å². The second kappa shape index (κ2) is 7.43. The number of carbonyl (C=O) groups is 2. The number of hydrogen-bond donors (Lipinski definition) is 2. The van der Waals surface area contributed by atoms with Crippen LogP contribution in [-0.4, -0.2) is 42.4 Å². The Morgan fingerprint density at radius 1 is 1.29 bits per heavy atom. The summed E-state index contributed by atoms with van der Waals surface area (Å²) < 4.78 is 0. The van der Waals surface area contributed by atoms with E-state index in [1.807, 2.05) is 0 Å². The van der Waals surface area contributed by atoms with Gasteiger partial charge in [0.1, 0.15) is 0 Å². The molecule has 1 aromatic rings. The summed E-state index contributed by atoms with van der Waals surface area (Å²) in [5, 5.41) is 5.83. The highest BCUT2D eigenvalue weighted by molar-refractivity contribution is 6.39. The van der Waals surface area contributed by atoms with Gasteiger partial charge in [0.2, 0.25) is 0 Å². The lowest BCUT2D eigenvalue weighted by Gasteiger charge is -2.22. The molecule has 1 fully saturated rings. The molecule has 1 aliphatic rings. The number of hydrogen-bond acceptors (Lipinski definition) is 3. The molecule has 0 aliphatic carbocycles. The maximum atomic E-state index is 11.8. The van der Waals surface area contributed by atoms with Gasteiger partial charge in [0, 0.05) is 23.3 Å². The third kappa shape index (κ3) is 4.44. The Labute approximate surface area is 129 Å². The zero-order chi connectivity index (χ0) is 15.2. The number of carbonyl (C=O) groups excluding carboxylic acids is 2. The van der Waals surface area contributed by atoms with E-state index in [0.717, 1.165) is 25.9 Å². The average molecular weight is 310 g/mol. The molecule has 2 amide bonds. The third-order valence-electron chi connectivity index (χ3n) is 3.71. The van der Waals surface area contributed by atoms with Crippen LogP contribution in [0.1, 0.15) is 19.8 Å². The number of rotatable bonds is 4. The summed E-state index contributed by atoms with van der Waals surface area (Å²) in [5.74, 6) is -1.26. The molecular weight excluding hydrogens is 290 g/mol. The van der Waals surface area contributed by atoms with E-state index in [-0.39, 0.29) is 0 Å². The number of halogens is 1. The Morgan fingerprint density at radius 2 is 2.00 bits per heavy atom. The summed E-state index contributed by atoms with van der Waals surface area (Å²) in [6.07, 6.45) is 2.21. The van der Waals surface area contributed by atoms with Crippen molar-refractivity contribution in [3.05, 3.63) is 29.3 Å². The topological polar surface area (TPSA) is 61.4 Å². The van der Waals surface area contributed by atoms with Gasteiger partial charge in [0.15, 0.2) is 0 Å². The first kappa shape index (κ1) is 15.8. The normalized spacial score (nSPS) is 18.5. The lowest BCUT2D eigenvalue weighted by atomic mass is 10.2. The van der Waals surface area contributed by atoms with Gasteiger partial charge in [-0.05, 0) is 50.2 Å². The summed E-state index contributed by atoms with van der Waals surface area (Å²) in [5.41, 5.74) is 0.551. The largest absolute Gasteiger partial charge is 0.346 e. The van der Waals surface area contributed by atoms with Crippen LogP contribution in [0.25, 0.3) is 0 Å². The Morgan fingerprint density at radius 3 is 2.67 bits per heavy atom. The molecule has 5 nitrogen and oxygen atoms in total. The van der Waals surface area contributed by atoms with Gasteiger partial charge >= 0.3 is 11.8 Å². The fraction of sp³-hybridized carbons (Fsp3) is 0.467. The van der Waals surface area contributed by atoms with Crippen LogP contribution in [-0.2, 0) is 9.59 Å². The molecule has 0 saturated carbocycles. The standard InChI is InChI=1S/C15H20ClN3O2/c1-2-19-9-3-4-13(19)10-17-14(20)15(21)18-12-7-5-11(16)6-8-12/h5-8,13H,2-4,9-10H2,1H3,(H,17,20)(H,18,21)/t13-/m0/s1. The van der Waals surface area contributed by atoms with Crippen molar-refractivity contribution in [2.45, 2.75) is 25.8 Å². The van der Waals surface area contributed by atoms with Gasteiger partial charge in [-0.2, -0.15) is 0 Å². The van der Waals surface area contributed by atoms with Gasteiger partial charge in [-0.15, -0.1) is 0 Å². The van der Waals surface area contributed by atoms with Gasteiger partial charge < -0.3 is 10.6 Å². The smallest absolute Gasteiger partial charge is 0.313 e. The number of anilines is 1. The van der Waals surface area contributed by atoms with Crippen LogP contribution in [0.15, 0.2) is 24.3 Å². The minimum Gasteiger partial charge on any atom is -0.346 e. The van der Waals surface area contributed by atoms with E-state index in [1.165, 1.54) is 0 Å². The summed E-state index contributed by atoms with van der Waals surface area (Å²) in [6, 6.07) is 6.97. The first-order chi connectivity index (χ1) is 10.1. The highest BCUT2D eigenvalue weighted by Gasteiger charge is 2.24. The quantitative estimate of drug-likeness (QED) is 0.835. The molecule has 1 atom stereocenters. The number of likely N-dealkylation sites (tertiary alicyclic amines) is 1. The van der Waals surface area contributed by atoms with Gasteiger partial charge in [-0.1, -0.05) is 18.5 Å². The second-order valence-electron chi connectivity index (χ2n) is 5.10. The first-order valence-electron chi connectivity index (χ1n) is 7.19. The maximum absolute atomic E-state index is 11.8. The molecule has 1 saturated heterocycles. The Hall–Kier alpha value is -1.59. The van der Waals surface area contributed by atoms with E-state index in [2.05, 4.69) is 22.5 Å². The number of likely N-dealkylation sites (N-methyl/N-ethyl adjacent to an activating group) is 1. The number of nitrogens with zero attached hydrogens (tertiary/aromatic N) is 1. The predicted octanol–water partition coefficient (Wildman–Crippen LogP) is 1.88. The van der Waals surface area contributed by atoms with Crippen molar-refractivity contribution in [1.29, 1.82) is 0 Å². The van der Waals surface area contributed by atoms with Crippen molar-refractivity contribution in [2.24, 2.45) is 0 Å². The monoisotopic (exact) mass is 309 g/mol.